The van der Waals surface area contributed by atoms with Crippen LogP contribution in [-0.2, 0) is 13.1 Å². The van der Waals surface area contributed by atoms with Crippen LogP contribution in [0.2, 0.25) is 0 Å². The number of anilines is 1. The fraction of sp³-hybridized carbons (Fsp3) is 0.190. The molecule has 4 rings (SSSR count). The summed E-state index contributed by atoms with van der Waals surface area (Å²) in [6.07, 6.45) is 3.47. The van der Waals surface area contributed by atoms with E-state index >= 15 is 0 Å². The molecule has 7 nitrogen and oxygen atoms in total. The molecule has 0 bridgehead atoms. The molecular formula is C21H22N6O. The first-order chi connectivity index (χ1) is 13.7. The summed E-state index contributed by atoms with van der Waals surface area (Å²) in [7, 11) is 0. The first kappa shape index (κ1) is 17.9. The number of fused-ring (bicyclic) bond motifs is 1. The normalized spacial score (nSPS) is 11.0. The van der Waals surface area contributed by atoms with Crippen molar-refractivity contribution in [3.05, 3.63) is 77.7 Å². The van der Waals surface area contributed by atoms with E-state index in [0.29, 0.717) is 17.9 Å². The highest BCUT2D eigenvalue weighted by Crippen LogP contribution is 2.17. The molecule has 28 heavy (non-hydrogen) atoms. The molecule has 7 heteroatoms. The van der Waals surface area contributed by atoms with Crippen molar-refractivity contribution in [3.63, 3.8) is 0 Å². The molecule has 0 spiro atoms. The molecule has 0 unspecified atom stereocenters. The van der Waals surface area contributed by atoms with Gasteiger partial charge in [0.1, 0.15) is 0 Å². The second kappa shape index (κ2) is 8.06. The summed E-state index contributed by atoms with van der Waals surface area (Å²) in [5.41, 5.74) is 4.25. The Morgan fingerprint density at radius 3 is 2.89 bits per heavy atom. The van der Waals surface area contributed by atoms with E-state index in [-0.39, 0.29) is 5.91 Å². The van der Waals surface area contributed by atoms with Crippen molar-refractivity contribution in [1.29, 1.82) is 0 Å². The lowest BCUT2D eigenvalue weighted by Crippen LogP contribution is -2.12. The second-order valence-corrected chi connectivity index (χ2v) is 6.60. The van der Waals surface area contributed by atoms with Crippen molar-refractivity contribution < 1.29 is 4.79 Å². The van der Waals surface area contributed by atoms with Crippen LogP contribution in [0.15, 0.2) is 60.9 Å². The number of aromatic nitrogens is 4. The lowest BCUT2D eigenvalue weighted by atomic mass is 10.1. The number of amides is 1. The zero-order valence-electron chi connectivity index (χ0n) is 15.6. The average Bonchev–Trinajstić information content (AvgIpc) is 3.33. The van der Waals surface area contributed by atoms with Gasteiger partial charge >= 0.3 is 0 Å². The van der Waals surface area contributed by atoms with Crippen LogP contribution in [0, 0.1) is 0 Å². The maximum absolute atomic E-state index is 12.6. The van der Waals surface area contributed by atoms with Gasteiger partial charge in [-0.2, -0.15) is 10.2 Å². The minimum atomic E-state index is -0.260. The van der Waals surface area contributed by atoms with Crippen LogP contribution in [0.1, 0.15) is 28.5 Å². The van der Waals surface area contributed by atoms with E-state index < -0.39 is 0 Å². The number of aromatic amines is 1. The van der Waals surface area contributed by atoms with Crippen molar-refractivity contribution in [3.8, 4) is 0 Å². The zero-order valence-corrected chi connectivity index (χ0v) is 15.6. The Morgan fingerprint density at radius 1 is 1.14 bits per heavy atom. The second-order valence-electron chi connectivity index (χ2n) is 6.60. The molecule has 1 amide bonds. The highest BCUT2D eigenvalue weighted by atomic mass is 16.2. The van der Waals surface area contributed by atoms with Gasteiger partial charge in [0, 0.05) is 18.1 Å². The van der Waals surface area contributed by atoms with Crippen molar-refractivity contribution >= 4 is 22.5 Å². The molecule has 3 N–H and O–H groups in total. The molecule has 2 aromatic carbocycles. The van der Waals surface area contributed by atoms with Gasteiger partial charge < -0.3 is 10.6 Å². The van der Waals surface area contributed by atoms with E-state index in [1.165, 1.54) is 5.56 Å². The van der Waals surface area contributed by atoms with Crippen LogP contribution in [0.4, 0.5) is 5.69 Å². The van der Waals surface area contributed by atoms with Crippen LogP contribution in [0.5, 0.6) is 0 Å². The van der Waals surface area contributed by atoms with Gasteiger partial charge in [-0.1, -0.05) is 49.4 Å². The van der Waals surface area contributed by atoms with E-state index in [0.717, 1.165) is 29.6 Å². The van der Waals surface area contributed by atoms with Crippen molar-refractivity contribution in [2.45, 2.75) is 20.0 Å². The quantitative estimate of drug-likeness (QED) is 0.464. The monoisotopic (exact) mass is 374 g/mol. The average molecular weight is 374 g/mol. The number of H-pyrrole nitrogens is 1. The summed E-state index contributed by atoms with van der Waals surface area (Å²) >= 11 is 0. The molecule has 4 aromatic rings. The van der Waals surface area contributed by atoms with Gasteiger partial charge in [0.2, 0.25) is 0 Å². The maximum atomic E-state index is 12.6. The summed E-state index contributed by atoms with van der Waals surface area (Å²) < 4.78 is 1.81. The Balaban J connectivity index is 1.44. The zero-order chi connectivity index (χ0) is 19.3. The van der Waals surface area contributed by atoms with Crippen molar-refractivity contribution in [2.75, 3.05) is 11.9 Å². The van der Waals surface area contributed by atoms with E-state index in [2.05, 4.69) is 57.1 Å². The Kier molecular flexibility index (Phi) is 5.16. The number of carbonyl (C=O) groups excluding carboxylic acids is 1. The van der Waals surface area contributed by atoms with Gasteiger partial charge in [0.05, 0.1) is 23.9 Å². The maximum Gasteiger partial charge on any atom is 0.276 e. The molecule has 0 fully saturated rings. The van der Waals surface area contributed by atoms with Crippen molar-refractivity contribution in [2.24, 2.45) is 0 Å². The molecule has 0 saturated carbocycles. The lowest BCUT2D eigenvalue weighted by Gasteiger charge is -2.06. The summed E-state index contributed by atoms with van der Waals surface area (Å²) in [5, 5.41) is 18.4. The molecule has 0 saturated heterocycles. The minimum absolute atomic E-state index is 0.260. The third-order valence-corrected chi connectivity index (χ3v) is 4.49. The van der Waals surface area contributed by atoms with E-state index in [1.807, 2.05) is 35.1 Å². The van der Waals surface area contributed by atoms with Crippen LogP contribution in [0.25, 0.3) is 10.9 Å². The summed E-state index contributed by atoms with van der Waals surface area (Å²) in [6, 6.07) is 15.9. The molecule has 0 aliphatic carbocycles. The molecule has 142 valence electrons. The molecule has 2 heterocycles. The highest BCUT2D eigenvalue weighted by molar-refractivity contribution is 6.10. The highest BCUT2D eigenvalue weighted by Gasteiger charge is 2.14. The SMILES string of the molecule is CCNCc1cccc(Cn2cc(NC(=O)c3n[nH]c4ccccc34)cn2)c1. The third-order valence-electron chi connectivity index (χ3n) is 4.49. The Bertz CT molecular complexity index is 1100. The standard InChI is InChI=1S/C21H22N6O/c1-2-22-11-15-6-5-7-16(10-15)13-27-14-17(12-23-27)24-21(28)20-18-8-3-4-9-19(18)25-26-20/h3-10,12,14,22H,2,11,13H2,1H3,(H,24,28)(H,25,26). The van der Waals surface area contributed by atoms with Gasteiger partial charge in [-0.05, 0) is 23.7 Å². The third kappa shape index (κ3) is 3.94. The number of para-hydroxylation sites is 1. The van der Waals surface area contributed by atoms with Gasteiger partial charge in [-0.15, -0.1) is 0 Å². The smallest absolute Gasteiger partial charge is 0.276 e. The number of hydrogen-bond acceptors (Lipinski definition) is 4. The first-order valence-electron chi connectivity index (χ1n) is 9.28. The molecule has 0 aliphatic rings. The number of nitrogens with one attached hydrogen (secondary N) is 3. The summed E-state index contributed by atoms with van der Waals surface area (Å²) in [4.78, 5) is 12.6. The predicted octanol–water partition coefficient (Wildman–Crippen LogP) is 3.17. The van der Waals surface area contributed by atoms with Gasteiger partial charge in [-0.25, -0.2) is 0 Å². The Hall–Kier alpha value is -3.45. The van der Waals surface area contributed by atoms with Gasteiger partial charge in [-0.3, -0.25) is 14.6 Å². The fourth-order valence-electron chi connectivity index (χ4n) is 3.14. The molecule has 0 aliphatic heterocycles. The van der Waals surface area contributed by atoms with Gasteiger partial charge in [0.15, 0.2) is 5.69 Å². The number of hydrogen-bond donors (Lipinski definition) is 3. The number of nitrogens with zero attached hydrogens (tertiary/aromatic N) is 3. The first-order valence-corrected chi connectivity index (χ1v) is 9.28. The van der Waals surface area contributed by atoms with E-state index in [1.54, 1.807) is 6.20 Å². The van der Waals surface area contributed by atoms with E-state index in [9.17, 15) is 4.79 Å². The molecule has 0 radical (unpaired) electrons. The topological polar surface area (TPSA) is 87.6 Å². The lowest BCUT2D eigenvalue weighted by molar-refractivity contribution is 0.102. The number of benzene rings is 2. The van der Waals surface area contributed by atoms with Crippen LogP contribution < -0.4 is 10.6 Å². The minimum Gasteiger partial charge on any atom is -0.318 e. The summed E-state index contributed by atoms with van der Waals surface area (Å²) in [5.74, 6) is -0.260. The number of rotatable bonds is 7. The Labute approximate surface area is 162 Å². The number of carbonyl (C=O) groups is 1. The predicted molar refractivity (Wildman–Crippen MR) is 109 cm³/mol. The van der Waals surface area contributed by atoms with Gasteiger partial charge in [0.25, 0.3) is 5.91 Å². The van der Waals surface area contributed by atoms with Crippen LogP contribution >= 0.6 is 0 Å². The summed E-state index contributed by atoms with van der Waals surface area (Å²) in [6.45, 7) is 4.52. The Morgan fingerprint density at radius 2 is 2.00 bits per heavy atom. The molecule has 0 atom stereocenters. The fourth-order valence-corrected chi connectivity index (χ4v) is 3.14. The van der Waals surface area contributed by atoms with E-state index in [4.69, 9.17) is 0 Å². The largest absolute Gasteiger partial charge is 0.318 e. The van der Waals surface area contributed by atoms with Crippen molar-refractivity contribution in [1.82, 2.24) is 25.3 Å². The molecular weight excluding hydrogens is 352 g/mol. The van der Waals surface area contributed by atoms with Crippen LogP contribution in [0.3, 0.4) is 0 Å². The van der Waals surface area contributed by atoms with Crippen LogP contribution in [-0.4, -0.2) is 32.4 Å². The molecule has 2 aromatic heterocycles.